The summed E-state index contributed by atoms with van der Waals surface area (Å²) in [4.78, 5) is 0. The minimum atomic E-state index is 0. The van der Waals surface area contributed by atoms with Gasteiger partial charge in [-0.15, -0.1) is 0 Å². The SMILES string of the molecule is [NH4+].[O-2].[OH-].[OH-].[V]. The third kappa shape index (κ3) is 144. The third-order valence-corrected chi connectivity index (χ3v) is 0. The van der Waals surface area contributed by atoms with E-state index in [0.717, 1.165) is 0 Å². The molecule has 0 aliphatic heterocycles. The van der Waals surface area contributed by atoms with Crippen LogP contribution in [0.25, 0.3) is 0 Å². The summed E-state index contributed by atoms with van der Waals surface area (Å²) in [7, 11) is 0. The third-order valence-electron chi connectivity index (χ3n) is 0. The summed E-state index contributed by atoms with van der Waals surface area (Å²) in [5.41, 5.74) is 0. The van der Waals surface area contributed by atoms with E-state index >= 15 is 0 Å². The molecule has 0 saturated heterocycles. The molecule has 0 rings (SSSR count). The number of quaternary nitrogens is 1. The van der Waals surface area contributed by atoms with E-state index < -0.39 is 0 Å². The summed E-state index contributed by atoms with van der Waals surface area (Å²) in [6.07, 6.45) is 0. The fourth-order valence-corrected chi connectivity index (χ4v) is 0. The molecule has 0 bridgehead atoms. The predicted molar refractivity (Wildman–Crippen MR) is 10.5 cm³/mol. The first-order valence-electron chi connectivity index (χ1n) is 0. The molecule has 0 aromatic rings. The molecule has 0 amide bonds. The zero-order valence-corrected chi connectivity index (χ0v) is 4.15. The molecule has 1 radical (unpaired) electrons. The van der Waals surface area contributed by atoms with Crippen molar-refractivity contribution in [2.45, 2.75) is 0 Å². The van der Waals surface area contributed by atoms with Crippen molar-refractivity contribution in [3.8, 4) is 0 Å². The molecule has 0 heterocycles. The van der Waals surface area contributed by atoms with Crippen LogP contribution in [0.1, 0.15) is 0 Å². The summed E-state index contributed by atoms with van der Waals surface area (Å²) >= 11 is 0. The second-order valence-corrected chi connectivity index (χ2v) is 0. The zero-order chi connectivity index (χ0) is 0. The van der Waals surface area contributed by atoms with Gasteiger partial charge in [0.15, 0.2) is 0 Å². The van der Waals surface area contributed by atoms with Crippen molar-refractivity contribution < 1.29 is 35.0 Å². The van der Waals surface area contributed by atoms with Gasteiger partial charge in [-0.3, -0.25) is 0 Å². The first-order valence-corrected chi connectivity index (χ1v) is 0. The molecule has 0 aliphatic rings. The summed E-state index contributed by atoms with van der Waals surface area (Å²) in [6, 6.07) is 0. The van der Waals surface area contributed by atoms with Gasteiger partial charge in [0.2, 0.25) is 0 Å². The Morgan fingerprint density at radius 2 is 0.800 bits per heavy atom. The molecular weight excluding hydrogens is 113 g/mol. The van der Waals surface area contributed by atoms with Gasteiger partial charge in [-0.2, -0.15) is 0 Å². The van der Waals surface area contributed by atoms with Gasteiger partial charge in [0.1, 0.15) is 0 Å². The maximum Gasteiger partial charge on any atom is 0 e. The van der Waals surface area contributed by atoms with Crippen LogP contribution >= 0.6 is 0 Å². The summed E-state index contributed by atoms with van der Waals surface area (Å²) in [5, 5.41) is 0. The van der Waals surface area contributed by atoms with Gasteiger partial charge in [-0.05, 0) is 0 Å². The molecule has 37 valence electrons. The molecule has 0 atom stereocenters. The molecule has 0 unspecified atom stereocenters. The molecular formula is H6NO3V-3. The van der Waals surface area contributed by atoms with Crippen molar-refractivity contribution in [1.29, 1.82) is 0 Å². The average molecular weight is 119 g/mol. The van der Waals surface area contributed by atoms with Gasteiger partial charge >= 0.3 is 0 Å². The van der Waals surface area contributed by atoms with Gasteiger partial charge in [0.25, 0.3) is 0 Å². The van der Waals surface area contributed by atoms with Gasteiger partial charge in [-0.1, -0.05) is 0 Å². The summed E-state index contributed by atoms with van der Waals surface area (Å²) in [5.74, 6) is 0. The molecule has 0 spiro atoms. The number of rotatable bonds is 0. The molecule has 6 N–H and O–H groups in total. The summed E-state index contributed by atoms with van der Waals surface area (Å²) in [6.45, 7) is 0. The molecule has 0 aromatic heterocycles. The van der Waals surface area contributed by atoms with Gasteiger partial charge in [-0.25, -0.2) is 0 Å². The predicted octanol–water partition coefficient (Wildman–Crippen LogP) is -0.0987. The molecule has 4 nitrogen and oxygen atoms in total. The average Bonchev–Trinajstić information content (AvgIpc) is 0. The molecule has 0 aliphatic carbocycles. The zero-order valence-electron chi connectivity index (χ0n) is 2.75. The normalized spacial score (nSPS) is 0. The molecule has 0 saturated carbocycles. The van der Waals surface area contributed by atoms with Crippen LogP contribution in [-0.2, 0) is 24.0 Å². The Labute approximate surface area is 42.0 Å². The van der Waals surface area contributed by atoms with Crippen LogP contribution in [0.5, 0.6) is 0 Å². The first-order chi connectivity index (χ1) is 0. The van der Waals surface area contributed by atoms with Gasteiger partial charge in [0, 0.05) is 18.6 Å². The first kappa shape index (κ1) is 589. The second kappa shape index (κ2) is 288. The van der Waals surface area contributed by atoms with E-state index in [1.165, 1.54) is 0 Å². The van der Waals surface area contributed by atoms with E-state index in [9.17, 15) is 0 Å². The second-order valence-electron chi connectivity index (χ2n) is 0. The molecule has 5 heteroatoms. The Morgan fingerprint density at radius 1 is 0.800 bits per heavy atom. The van der Waals surface area contributed by atoms with E-state index in [-0.39, 0.29) is 41.1 Å². The molecule has 5 heavy (non-hydrogen) atoms. The van der Waals surface area contributed by atoms with Gasteiger partial charge < -0.3 is 22.6 Å². The van der Waals surface area contributed by atoms with E-state index in [1.807, 2.05) is 0 Å². The fourth-order valence-electron chi connectivity index (χ4n) is 0. The Morgan fingerprint density at radius 3 is 0.800 bits per heavy atom. The van der Waals surface area contributed by atoms with Crippen LogP contribution in [0, 0.1) is 0 Å². The van der Waals surface area contributed by atoms with Crippen LogP contribution in [0.2, 0.25) is 0 Å². The van der Waals surface area contributed by atoms with Crippen molar-refractivity contribution >= 4 is 0 Å². The Bertz CT molecular complexity index is 6.85. The Balaban J connectivity index is 0. The van der Waals surface area contributed by atoms with Crippen LogP contribution in [0.15, 0.2) is 0 Å². The monoisotopic (exact) mass is 119 g/mol. The van der Waals surface area contributed by atoms with E-state index in [1.54, 1.807) is 0 Å². The fraction of sp³-hybridized carbons (Fsp3) is 0. The van der Waals surface area contributed by atoms with Crippen molar-refractivity contribution in [2.24, 2.45) is 0 Å². The quantitative estimate of drug-likeness (QED) is 0.477. The Kier molecular flexibility index (Phi) is 34000. The van der Waals surface area contributed by atoms with E-state index in [0.29, 0.717) is 0 Å². The van der Waals surface area contributed by atoms with Crippen molar-refractivity contribution in [2.75, 3.05) is 0 Å². The van der Waals surface area contributed by atoms with Crippen LogP contribution < -0.4 is 6.15 Å². The number of hydrogen-bond acceptors (Lipinski definition) is 2. The van der Waals surface area contributed by atoms with Crippen LogP contribution in [0.4, 0.5) is 0 Å². The maximum absolute atomic E-state index is 0. The molecule has 0 fully saturated rings. The standard InChI is InChI=1S/H3N.2H2O.O.V/h1H3;2*1H2;;/q;;;-2;/p-1. The minimum absolute atomic E-state index is 0. The van der Waals surface area contributed by atoms with E-state index in [2.05, 4.69) is 0 Å². The van der Waals surface area contributed by atoms with Gasteiger partial charge in [0.05, 0.1) is 0 Å². The summed E-state index contributed by atoms with van der Waals surface area (Å²) < 4.78 is 0. The number of hydrogen-bond donors (Lipinski definition) is 1. The Hall–Kier alpha value is 0.424. The van der Waals surface area contributed by atoms with Crippen molar-refractivity contribution in [3.05, 3.63) is 0 Å². The van der Waals surface area contributed by atoms with E-state index in [4.69, 9.17) is 0 Å². The largest absolute Gasteiger partial charge is 2.00 e. The van der Waals surface area contributed by atoms with Crippen molar-refractivity contribution in [3.63, 3.8) is 0 Å². The van der Waals surface area contributed by atoms with Crippen molar-refractivity contribution in [1.82, 2.24) is 6.15 Å². The minimum Gasteiger partial charge on any atom is -2.00 e. The maximum atomic E-state index is 0. The van der Waals surface area contributed by atoms with Crippen LogP contribution in [-0.4, -0.2) is 11.0 Å². The topological polar surface area (TPSA) is 125 Å². The van der Waals surface area contributed by atoms with Crippen LogP contribution in [0.3, 0.4) is 0 Å². The molecule has 0 aromatic carbocycles. The smallest absolute Gasteiger partial charge is 0 e.